The Morgan fingerprint density at radius 1 is 1.07 bits per heavy atom. The summed E-state index contributed by atoms with van der Waals surface area (Å²) in [6.45, 7) is 8.76. The lowest BCUT2D eigenvalue weighted by Crippen LogP contribution is -2.20. The largest absolute Gasteiger partial charge is 0.314 e. The second-order valence-electron chi connectivity index (χ2n) is 7.80. The van der Waals surface area contributed by atoms with Gasteiger partial charge in [0.2, 0.25) is 0 Å². The molecule has 1 atom stereocenters. The minimum absolute atomic E-state index is 0.105. The molecule has 0 aliphatic heterocycles. The van der Waals surface area contributed by atoms with Gasteiger partial charge in [-0.15, -0.1) is 11.3 Å². The summed E-state index contributed by atoms with van der Waals surface area (Å²) in [5.74, 6) is 0.635. The Kier molecular flexibility index (Phi) is 6.64. The van der Waals surface area contributed by atoms with Gasteiger partial charge in [-0.2, -0.15) is 0 Å². The minimum atomic E-state index is -0.365. The smallest absolute Gasteiger partial charge is 0.269 e. The fourth-order valence-electron chi connectivity index (χ4n) is 3.29. The van der Waals surface area contributed by atoms with E-state index in [-0.39, 0.29) is 16.7 Å². The standard InChI is InChI=1S/C23H27N3O2S/c1-16(2)9-10-18(4)25-22(19-11-13-20(14-12-19)26(27)28)15-29-23(25)24-21-8-6-5-7-17(21)3/h5-8,11-16,18H,9-10H2,1-4H3. The van der Waals surface area contributed by atoms with E-state index in [4.69, 9.17) is 4.99 Å². The van der Waals surface area contributed by atoms with Crippen molar-refractivity contribution in [2.45, 2.75) is 46.6 Å². The molecule has 0 aliphatic carbocycles. The number of aryl methyl sites for hydroxylation is 1. The number of nitrogens with zero attached hydrogens (tertiary/aromatic N) is 3. The second kappa shape index (κ2) is 9.18. The van der Waals surface area contributed by atoms with Gasteiger partial charge in [-0.05, 0) is 61.9 Å². The van der Waals surface area contributed by atoms with Crippen molar-refractivity contribution < 1.29 is 4.92 Å². The van der Waals surface area contributed by atoms with E-state index >= 15 is 0 Å². The maximum Gasteiger partial charge on any atom is 0.269 e. The molecule has 1 heterocycles. The molecule has 0 spiro atoms. The number of thiazole rings is 1. The van der Waals surface area contributed by atoms with E-state index in [9.17, 15) is 10.1 Å². The zero-order chi connectivity index (χ0) is 21.0. The molecule has 0 saturated carbocycles. The van der Waals surface area contributed by atoms with Crippen LogP contribution in [-0.2, 0) is 0 Å². The third kappa shape index (κ3) is 5.01. The normalized spacial score (nSPS) is 13.1. The maximum absolute atomic E-state index is 11.0. The first-order valence-electron chi connectivity index (χ1n) is 9.92. The fourth-order valence-corrected chi connectivity index (χ4v) is 4.30. The number of benzene rings is 2. The molecule has 0 bridgehead atoms. The van der Waals surface area contributed by atoms with Crippen LogP contribution in [0.2, 0.25) is 0 Å². The number of hydrogen-bond acceptors (Lipinski definition) is 4. The lowest BCUT2D eigenvalue weighted by atomic mass is 10.0. The van der Waals surface area contributed by atoms with Gasteiger partial charge in [0.1, 0.15) is 0 Å². The lowest BCUT2D eigenvalue weighted by Gasteiger charge is -2.18. The molecule has 6 heteroatoms. The van der Waals surface area contributed by atoms with Crippen molar-refractivity contribution in [2.75, 3.05) is 0 Å². The lowest BCUT2D eigenvalue weighted by molar-refractivity contribution is -0.384. The highest BCUT2D eigenvalue weighted by molar-refractivity contribution is 7.07. The molecule has 2 aromatic carbocycles. The summed E-state index contributed by atoms with van der Waals surface area (Å²) in [4.78, 5) is 16.5. The van der Waals surface area contributed by atoms with Gasteiger partial charge >= 0.3 is 0 Å². The van der Waals surface area contributed by atoms with E-state index in [1.54, 1.807) is 23.5 Å². The van der Waals surface area contributed by atoms with Crippen molar-refractivity contribution in [2.24, 2.45) is 10.9 Å². The highest BCUT2D eigenvalue weighted by Crippen LogP contribution is 2.28. The Morgan fingerprint density at radius 3 is 2.38 bits per heavy atom. The second-order valence-corrected chi connectivity index (χ2v) is 8.63. The van der Waals surface area contributed by atoms with Gasteiger partial charge in [0.15, 0.2) is 4.80 Å². The summed E-state index contributed by atoms with van der Waals surface area (Å²) in [6, 6.07) is 15.2. The van der Waals surface area contributed by atoms with Crippen LogP contribution in [0, 0.1) is 23.0 Å². The van der Waals surface area contributed by atoms with Gasteiger partial charge in [0.05, 0.1) is 16.3 Å². The average Bonchev–Trinajstić information content (AvgIpc) is 3.11. The van der Waals surface area contributed by atoms with Crippen molar-refractivity contribution in [3.63, 3.8) is 0 Å². The Hall–Kier alpha value is -2.73. The van der Waals surface area contributed by atoms with Gasteiger partial charge < -0.3 is 4.57 Å². The Morgan fingerprint density at radius 2 is 1.76 bits per heavy atom. The quantitative estimate of drug-likeness (QED) is 0.323. The summed E-state index contributed by atoms with van der Waals surface area (Å²) >= 11 is 1.61. The van der Waals surface area contributed by atoms with Crippen LogP contribution < -0.4 is 4.80 Å². The molecule has 0 fully saturated rings. The molecule has 0 aliphatic rings. The number of non-ortho nitro benzene ring substituents is 1. The number of rotatable bonds is 7. The van der Waals surface area contributed by atoms with Crippen molar-refractivity contribution in [3.8, 4) is 11.3 Å². The molecule has 29 heavy (non-hydrogen) atoms. The highest BCUT2D eigenvalue weighted by atomic mass is 32.1. The van der Waals surface area contributed by atoms with E-state index in [1.165, 1.54) is 0 Å². The van der Waals surface area contributed by atoms with E-state index < -0.39 is 0 Å². The number of aromatic nitrogens is 1. The summed E-state index contributed by atoms with van der Waals surface area (Å²) in [7, 11) is 0. The third-order valence-corrected chi connectivity index (χ3v) is 5.89. The number of hydrogen-bond donors (Lipinski definition) is 0. The zero-order valence-electron chi connectivity index (χ0n) is 17.3. The Labute approximate surface area is 175 Å². The van der Waals surface area contributed by atoms with Crippen LogP contribution in [0.4, 0.5) is 11.4 Å². The summed E-state index contributed by atoms with van der Waals surface area (Å²) < 4.78 is 2.28. The molecule has 0 radical (unpaired) electrons. The molecule has 3 aromatic rings. The molecule has 1 unspecified atom stereocenters. The van der Waals surface area contributed by atoms with E-state index in [2.05, 4.69) is 43.7 Å². The predicted molar refractivity (Wildman–Crippen MR) is 120 cm³/mol. The zero-order valence-corrected chi connectivity index (χ0v) is 18.1. The van der Waals surface area contributed by atoms with Crippen molar-refractivity contribution in [1.82, 2.24) is 4.57 Å². The number of para-hydroxylation sites is 1. The molecular weight excluding hydrogens is 382 g/mol. The van der Waals surface area contributed by atoms with Crippen LogP contribution in [0.5, 0.6) is 0 Å². The van der Waals surface area contributed by atoms with Crippen LogP contribution in [0.1, 0.15) is 45.2 Å². The summed E-state index contributed by atoms with van der Waals surface area (Å²) in [6.07, 6.45) is 2.18. The van der Waals surface area contributed by atoms with Crippen LogP contribution in [0.3, 0.4) is 0 Å². The van der Waals surface area contributed by atoms with Crippen molar-refractivity contribution in [1.29, 1.82) is 0 Å². The first-order chi connectivity index (χ1) is 13.9. The highest BCUT2D eigenvalue weighted by Gasteiger charge is 2.16. The monoisotopic (exact) mass is 409 g/mol. The first kappa shape index (κ1) is 21.0. The van der Waals surface area contributed by atoms with Gasteiger partial charge in [0, 0.05) is 23.6 Å². The van der Waals surface area contributed by atoms with Crippen LogP contribution in [0.25, 0.3) is 11.3 Å². The predicted octanol–water partition coefficient (Wildman–Crippen LogP) is 6.66. The molecule has 0 amide bonds. The Bertz CT molecular complexity index is 1050. The maximum atomic E-state index is 11.0. The van der Waals surface area contributed by atoms with Crippen LogP contribution in [-0.4, -0.2) is 9.49 Å². The average molecular weight is 410 g/mol. The summed E-state index contributed by atoms with van der Waals surface area (Å²) in [5, 5.41) is 13.1. The SMILES string of the molecule is Cc1ccccc1N=c1scc(-c2ccc([N+](=O)[O-])cc2)n1C(C)CCC(C)C. The Balaban J connectivity index is 2.10. The molecule has 0 N–H and O–H groups in total. The van der Waals surface area contributed by atoms with E-state index in [0.29, 0.717) is 5.92 Å². The topological polar surface area (TPSA) is 60.4 Å². The molecule has 152 valence electrons. The van der Waals surface area contributed by atoms with Crippen LogP contribution in [0.15, 0.2) is 58.9 Å². The van der Waals surface area contributed by atoms with Gasteiger partial charge in [0.25, 0.3) is 5.69 Å². The number of nitro benzene ring substituents is 1. The van der Waals surface area contributed by atoms with E-state index in [0.717, 1.165) is 40.2 Å². The van der Waals surface area contributed by atoms with Crippen molar-refractivity contribution >= 4 is 22.7 Å². The molecule has 5 nitrogen and oxygen atoms in total. The minimum Gasteiger partial charge on any atom is -0.314 e. The van der Waals surface area contributed by atoms with Gasteiger partial charge in [-0.3, -0.25) is 10.1 Å². The molecule has 1 aromatic heterocycles. The van der Waals surface area contributed by atoms with Crippen LogP contribution >= 0.6 is 11.3 Å². The molecular formula is C23H27N3O2S. The number of nitro groups is 1. The van der Waals surface area contributed by atoms with E-state index in [1.807, 2.05) is 30.3 Å². The first-order valence-corrected chi connectivity index (χ1v) is 10.8. The van der Waals surface area contributed by atoms with Gasteiger partial charge in [-0.1, -0.05) is 32.0 Å². The van der Waals surface area contributed by atoms with Gasteiger partial charge in [-0.25, -0.2) is 4.99 Å². The molecule has 0 saturated heterocycles. The van der Waals surface area contributed by atoms with Crippen molar-refractivity contribution in [3.05, 3.63) is 74.4 Å². The molecule has 3 rings (SSSR count). The summed E-state index contributed by atoms with van der Waals surface area (Å²) in [5.41, 5.74) is 4.23. The third-order valence-electron chi connectivity index (χ3n) is 5.05. The fraction of sp³-hybridized carbons (Fsp3) is 0.348.